The zero-order valence-corrected chi connectivity index (χ0v) is 32.2. The number of nitrogens with zero attached hydrogens (tertiary/aromatic N) is 1. The van der Waals surface area contributed by atoms with E-state index in [9.17, 15) is 0 Å². The molecule has 1 aromatic heterocycles. The Bertz CT molecular complexity index is 3370. The molecule has 1 aliphatic carbocycles. The number of nitrogens with one attached hydrogen (secondary N) is 2. The summed E-state index contributed by atoms with van der Waals surface area (Å²) < 4.78 is 0. The molecule has 0 amide bonds. The molecule has 0 fully saturated rings. The van der Waals surface area contributed by atoms with E-state index in [-0.39, 0.29) is 11.4 Å². The summed E-state index contributed by atoms with van der Waals surface area (Å²) >= 11 is 0. The summed E-state index contributed by atoms with van der Waals surface area (Å²) in [6.07, 6.45) is 9.24. The fourth-order valence-corrected chi connectivity index (χ4v) is 8.40. The van der Waals surface area contributed by atoms with Crippen molar-refractivity contribution in [2.45, 2.75) is 0 Å². The van der Waals surface area contributed by atoms with Gasteiger partial charge in [0.15, 0.2) is 0 Å². The van der Waals surface area contributed by atoms with E-state index >= 15 is 0 Å². The van der Waals surface area contributed by atoms with Crippen LogP contribution in [0.15, 0.2) is 207 Å². The Kier molecular flexibility index (Phi) is 8.93. The molecule has 0 radical (unpaired) electrons. The van der Waals surface area contributed by atoms with Crippen molar-refractivity contribution in [3.05, 3.63) is 212 Å². The number of nitrogens with two attached hydrogens (primary N) is 1. The van der Waals surface area contributed by atoms with Gasteiger partial charge in [-0.25, -0.2) is 0 Å². The molecule has 0 bridgehead atoms. The fraction of sp³-hybridized carbons (Fsp3) is 0. The first kappa shape index (κ1) is 35.5. The summed E-state index contributed by atoms with van der Waals surface area (Å²) in [4.78, 5) is 4.28. The van der Waals surface area contributed by atoms with Gasteiger partial charge in [0.05, 0.1) is 11.4 Å². The molecule has 11 rings (SSSR count). The molecule has 4 nitrogen and oxygen atoms in total. The average Bonchev–Trinajstić information content (AvgIpc) is 3.29. The standard InChI is InChI=1S/C40H26N2.C15H12N2/c41-37-20-18-30(24-38(37)42)29-17-19-35-36(23-29)40(32-16-14-26-8-2-4-10-28(26)22-32)34-12-6-5-11-33(34)39(35)31-15-13-25-7-1-3-9-27(25)21-31;16-13-7-5-11(6-8-13)15-10-17-9-12-3-1-2-4-14(12)15/h1-24,41-42H;1-10H,16H2. The Hall–Kier alpha value is -7.95. The van der Waals surface area contributed by atoms with Gasteiger partial charge < -0.3 is 5.73 Å². The minimum absolute atomic E-state index is 0.234. The predicted molar refractivity (Wildman–Crippen MR) is 251 cm³/mol. The van der Waals surface area contributed by atoms with Crippen LogP contribution >= 0.6 is 0 Å². The molecule has 59 heavy (non-hydrogen) atoms. The lowest BCUT2D eigenvalue weighted by Crippen LogP contribution is -2.09. The smallest absolute Gasteiger partial charge is 0.0795 e. The van der Waals surface area contributed by atoms with Gasteiger partial charge in [0.25, 0.3) is 0 Å². The van der Waals surface area contributed by atoms with Gasteiger partial charge in [-0.15, -0.1) is 0 Å². The number of hydrogen-bond donors (Lipinski definition) is 3. The van der Waals surface area contributed by atoms with E-state index in [1.165, 1.54) is 70.7 Å². The molecule has 278 valence electrons. The van der Waals surface area contributed by atoms with Gasteiger partial charge in [-0.05, 0) is 130 Å². The molecule has 0 aliphatic heterocycles. The van der Waals surface area contributed by atoms with Gasteiger partial charge in [0, 0.05) is 29.0 Å². The first-order valence-corrected chi connectivity index (χ1v) is 19.7. The lowest BCUT2D eigenvalue weighted by atomic mass is 9.84. The lowest BCUT2D eigenvalue weighted by Gasteiger charge is -2.20. The van der Waals surface area contributed by atoms with E-state index in [1.807, 2.05) is 54.9 Å². The molecule has 0 unspecified atom stereocenters. The van der Waals surface area contributed by atoms with Gasteiger partial charge in [0.2, 0.25) is 0 Å². The van der Waals surface area contributed by atoms with Crippen molar-refractivity contribution in [3.63, 3.8) is 0 Å². The maximum absolute atomic E-state index is 8.26. The monoisotopic (exact) mass is 754 g/mol. The number of aromatic nitrogens is 1. The molecule has 9 aromatic carbocycles. The maximum atomic E-state index is 8.26. The van der Waals surface area contributed by atoms with Crippen LogP contribution in [0.1, 0.15) is 5.56 Å². The van der Waals surface area contributed by atoms with Crippen LogP contribution < -0.4 is 5.73 Å². The van der Waals surface area contributed by atoms with Crippen LogP contribution in [-0.2, 0) is 0 Å². The first-order valence-electron chi connectivity index (χ1n) is 19.7. The summed E-state index contributed by atoms with van der Waals surface area (Å²) in [7, 11) is 0. The molecule has 0 saturated carbocycles. The van der Waals surface area contributed by atoms with E-state index in [4.69, 9.17) is 16.6 Å². The molecule has 4 heteroatoms. The summed E-state index contributed by atoms with van der Waals surface area (Å²) in [6.45, 7) is 0. The third kappa shape index (κ3) is 6.63. The minimum atomic E-state index is 0.234. The molecular weight excluding hydrogens is 717 g/mol. The van der Waals surface area contributed by atoms with E-state index in [1.54, 1.807) is 12.2 Å². The quantitative estimate of drug-likeness (QED) is 0.0949. The number of pyridine rings is 1. The molecule has 10 aromatic rings. The topological polar surface area (TPSA) is 86.6 Å². The van der Waals surface area contributed by atoms with E-state index in [0.29, 0.717) is 0 Å². The molecule has 4 N–H and O–H groups in total. The number of allylic oxidation sites excluding steroid dienone is 4. The van der Waals surface area contributed by atoms with E-state index < -0.39 is 0 Å². The second-order valence-corrected chi connectivity index (χ2v) is 15.0. The van der Waals surface area contributed by atoms with Crippen molar-refractivity contribution in [2.75, 3.05) is 5.73 Å². The van der Waals surface area contributed by atoms with Crippen LogP contribution in [0.5, 0.6) is 0 Å². The Morgan fingerprint density at radius 2 is 0.881 bits per heavy atom. The molecule has 0 spiro atoms. The number of anilines is 1. The summed E-state index contributed by atoms with van der Waals surface area (Å²) in [5.41, 5.74) is 16.0. The Morgan fingerprint density at radius 1 is 0.373 bits per heavy atom. The van der Waals surface area contributed by atoms with Crippen molar-refractivity contribution in [1.29, 1.82) is 10.8 Å². The van der Waals surface area contributed by atoms with Crippen molar-refractivity contribution >= 4 is 76.5 Å². The zero-order valence-electron chi connectivity index (χ0n) is 32.2. The van der Waals surface area contributed by atoms with Crippen LogP contribution in [0.3, 0.4) is 0 Å². The first-order chi connectivity index (χ1) is 29.0. The normalized spacial score (nSPS) is 12.6. The highest BCUT2D eigenvalue weighted by Gasteiger charge is 2.19. The number of rotatable bonds is 4. The molecule has 1 aliphatic rings. The van der Waals surface area contributed by atoms with Gasteiger partial charge in [-0.2, -0.15) is 0 Å². The fourth-order valence-electron chi connectivity index (χ4n) is 8.40. The number of nitrogen functional groups attached to an aromatic ring is 1. The highest BCUT2D eigenvalue weighted by atomic mass is 14.6. The van der Waals surface area contributed by atoms with E-state index in [0.717, 1.165) is 33.3 Å². The highest BCUT2D eigenvalue weighted by Crippen LogP contribution is 2.45. The predicted octanol–water partition coefficient (Wildman–Crippen LogP) is 14.1. The molecule has 0 atom stereocenters. The SMILES string of the molecule is N=C1C=CC(c2ccc3c(-c4ccc5ccccc5c4)c4ccccc4c(-c4ccc5ccccc5c4)c3c2)=CC1=N.Nc1ccc(-c2cncc3ccccc23)cc1. The van der Waals surface area contributed by atoms with Gasteiger partial charge >= 0.3 is 0 Å². The molecule has 0 saturated heterocycles. The second-order valence-electron chi connectivity index (χ2n) is 15.0. The van der Waals surface area contributed by atoms with Crippen molar-refractivity contribution in [1.82, 2.24) is 4.98 Å². The number of fused-ring (bicyclic) bond motifs is 5. The largest absolute Gasteiger partial charge is 0.399 e. The Labute approximate surface area is 342 Å². The van der Waals surface area contributed by atoms with Crippen LogP contribution in [0.25, 0.3) is 92.8 Å². The minimum Gasteiger partial charge on any atom is -0.399 e. The number of hydrogen-bond acceptors (Lipinski definition) is 4. The van der Waals surface area contributed by atoms with Crippen LogP contribution in [0, 0.1) is 10.8 Å². The summed E-state index contributed by atoms with van der Waals surface area (Å²) in [5.74, 6) is 0. The highest BCUT2D eigenvalue weighted by molar-refractivity contribution is 6.50. The van der Waals surface area contributed by atoms with E-state index in [2.05, 4.69) is 145 Å². The Balaban J connectivity index is 0.000000206. The number of benzene rings is 9. The third-order valence-electron chi connectivity index (χ3n) is 11.3. The van der Waals surface area contributed by atoms with Gasteiger partial charge in [0.1, 0.15) is 0 Å². The van der Waals surface area contributed by atoms with Crippen LogP contribution in [-0.4, -0.2) is 16.4 Å². The van der Waals surface area contributed by atoms with Gasteiger partial charge in [-0.3, -0.25) is 15.8 Å². The summed E-state index contributed by atoms with van der Waals surface area (Å²) in [6, 6.07) is 62.1. The zero-order chi connectivity index (χ0) is 39.9. The maximum Gasteiger partial charge on any atom is 0.0795 e. The van der Waals surface area contributed by atoms with Crippen LogP contribution in [0.4, 0.5) is 5.69 Å². The average molecular weight is 755 g/mol. The van der Waals surface area contributed by atoms with Gasteiger partial charge in [-0.1, -0.05) is 152 Å². The third-order valence-corrected chi connectivity index (χ3v) is 11.3. The Morgan fingerprint density at radius 3 is 1.51 bits per heavy atom. The molecule has 1 heterocycles. The van der Waals surface area contributed by atoms with Crippen molar-refractivity contribution in [3.8, 4) is 33.4 Å². The van der Waals surface area contributed by atoms with Crippen molar-refractivity contribution in [2.24, 2.45) is 0 Å². The van der Waals surface area contributed by atoms with Crippen molar-refractivity contribution < 1.29 is 0 Å². The second kappa shape index (κ2) is 14.8. The summed E-state index contributed by atoms with van der Waals surface area (Å²) in [5, 5.41) is 28.3. The lowest BCUT2D eigenvalue weighted by molar-refractivity contribution is 1.36. The van der Waals surface area contributed by atoms with Crippen LogP contribution in [0.2, 0.25) is 0 Å². The molecular formula is C55H38N4.